The number of rotatable bonds is 0. The summed E-state index contributed by atoms with van der Waals surface area (Å²) in [5.41, 5.74) is 6.16. The molecule has 0 saturated carbocycles. The van der Waals surface area contributed by atoms with Crippen molar-refractivity contribution in [1.82, 2.24) is 10.9 Å². The molecule has 1 fully saturated rings. The Morgan fingerprint density at radius 1 is 1.14 bits per heavy atom. The van der Waals surface area contributed by atoms with E-state index in [4.69, 9.17) is 0 Å². The molecule has 7 heavy (non-hydrogen) atoms. The second-order valence-electron chi connectivity index (χ2n) is 1.71. The van der Waals surface area contributed by atoms with Crippen molar-refractivity contribution in [3.05, 3.63) is 0 Å². The molecule has 42 valence electrons. The fourth-order valence-corrected chi connectivity index (χ4v) is 1.49. The Morgan fingerprint density at radius 2 is 1.57 bits per heavy atom. The van der Waals surface area contributed by atoms with Crippen molar-refractivity contribution in [2.75, 3.05) is 0 Å². The topological polar surface area (TPSA) is 24.1 Å². The predicted octanol–water partition coefficient (Wildman–Crippen LogP) is 0.519. The zero-order chi connectivity index (χ0) is 5.28. The van der Waals surface area contributed by atoms with Crippen LogP contribution in [0.4, 0.5) is 0 Å². The number of hydrogen-bond donors (Lipinski definition) is 2. The van der Waals surface area contributed by atoms with Gasteiger partial charge in [0, 0.05) is 0 Å². The minimum Gasteiger partial charge on any atom is -0.244 e. The van der Waals surface area contributed by atoms with Crippen molar-refractivity contribution in [1.29, 1.82) is 0 Å². The molecular weight excluding hydrogens is 108 g/mol. The third-order valence-electron chi connectivity index (χ3n) is 0.898. The van der Waals surface area contributed by atoms with Gasteiger partial charge in [0.15, 0.2) is 0 Å². The molecule has 1 aliphatic heterocycles. The molecule has 0 aromatic carbocycles. The van der Waals surface area contributed by atoms with Crippen LogP contribution < -0.4 is 10.9 Å². The first-order chi connectivity index (χ1) is 3.29. The van der Waals surface area contributed by atoms with Crippen molar-refractivity contribution in [3.63, 3.8) is 0 Å². The van der Waals surface area contributed by atoms with Gasteiger partial charge in [0.05, 0.1) is 10.7 Å². The van der Waals surface area contributed by atoms with E-state index in [9.17, 15) is 0 Å². The molecule has 0 amide bonds. The zero-order valence-electron chi connectivity index (χ0n) is 4.56. The van der Waals surface area contributed by atoms with Crippen LogP contribution in [0.1, 0.15) is 13.8 Å². The number of hydrogen-bond acceptors (Lipinski definition) is 3. The average molecular weight is 118 g/mol. The Hall–Kier alpha value is 0.270. The van der Waals surface area contributed by atoms with Crippen molar-refractivity contribution in [2.45, 2.75) is 24.6 Å². The zero-order valence-corrected chi connectivity index (χ0v) is 5.38. The third-order valence-corrected chi connectivity index (χ3v) is 1.95. The summed E-state index contributed by atoms with van der Waals surface area (Å²) < 4.78 is 0. The molecule has 0 aromatic heterocycles. The van der Waals surface area contributed by atoms with Gasteiger partial charge in [-0.1, -0.05) is 0 Å². The van der Waals surface area contributed by atoms with Crippen LogP contribution in [0.3, 0.4) is 0 Å². The van der Waals surface area contributed by atoms with E-state index in [1.54, 1.807) is 0 Å². The first-order valence-corrected chi connectivity index (χ1v) is 3.40. The lowest BCUT2D eigenvalue weighted by Gasteiger charge is -1.93. The molecule has 3 heteroatoms. The average Bonchev–Trinajstić information content (AvgIpc) is 1.87. The Labute approximate surface area is 48.0 Å². The predicted molar refractivity (Wildman–Crippen MR) is 32.8 cm³/mol. The second-order valence-corrected chi connectivity index (χ2v) is 3.40. The van der Waals surface area contributed by atoms with E-state index in [1.807, 2.05) is 11.8 Å². The fraction of sp³-hybridized carbons (Fsp3) is 1.00. The quantitative estimate of drug-likeness (QED) is 0.485. The van der Waals surface area contributed by atoms with Gasteiger partial charge < -0.3 is 0 Å². The molecule has 2 unspecified atom stereocenters. The molecule has 2 atom stereocenters. The van der Waals surface area contributed by atoms with Gasteiger partial charge in [-0.2, -0.15) is 0 Å². The maximum absolute atomic E-state index is 3.08. The van der Waals surface area contributed by atoms with Crippen molar-refractivity contribution < 1.29 is 0 Å². The molecular formula is C4H10N2S. The van der Waals surface area contributed by atoms with Gasteiger partial charge >= 0.3 is 0 Å². The highest BCUT2D eigenvalue weighted by Crippen LogP contribution is 2.16. The summed E-state index contributed by atoms with van der Waals surface area (Å²) in [5, 5.41) is 1.16. The number of thioether (sulfide) groups is 1. The summed E-state index contributed by atoms with van der Waals surface area (Å²) >= 11 is 1.90. The van der Waals surface area contributed by atoms with E-state index in [0.717, 1.165) is 0 Å². The molecule has 0 spiro atoms. The largest absolute Gasteiger partial charge is 0.244 e. The maximum Gasteiger partial charge on any atom is 0.0654 e. The highest BCUT2D eigenvalue weighted by atomic mass is 32.2. The van der Waals surface area contributed by atoms with Gasteiger partial charge in [0.1, 0.15) is 0 Å². The van der Waals surface area contributed by atoms with E-state index in [0.29, 0.717) is 10.7 Å². The molecule has 2 N–H and O–H groups in total. The summed E-state index contributed by atoms with van der Waals surface area (Å²) in [7, 11) is 0. The van der Waals surface area contributed by atoms with Gasteiger partial charge in [0.2, 0.25) is 0 Å². The van der Waals surface area contributed by atoms with Gasteiger partial charge in [-0.05, 0) is 13.8 Å². The summed E-state index contributed by atoms with van der Waals surface area (Å²) in [4.78, 5) is 0. The van der Waals surface area contributed by atoms with Crippen LogP contribution in [0.25, 0.3) is 0 Å². The lowest BCUT2D eigenvalue weighted by Crippen LogP contribution is -2.30. The first kappa shape index (κ1) is 5.41. The van der Waals surface area contributed by atoms with Crippen LogP contribution in [0, 0.1) is 0 Å². The fourth-order valence-electron chi connectivity index (χ4n) is 0.609. The molecule has 0 radical (unpaired) electrons. The molecule has 2 nitrogen and oxygen atoms in total. The molecule has 1 heterocycles. The van der Waals surface area contributed by atoms with Gasteiger partial charge in [-0.3, -0.25) is 0 Å². The van der Waals surface area contributed by atoms with Gasteiger partial charge in [-0.25, -0.2) is 10.9 Å². The number of hydrazine groups is 1. The van der Waals surface area contributed by atoms with E-state index < -0.39 is 0 Å². The number of nitrogens with one attached hydrogen (secondary N) is 2. The van der Waals surface area contributed by atoms with Crippen LogP contribution in [-0.2, 0) is 0 Å². The molecule has 0 bridgehead atoms. The van der Waals surface area contributed by atoms with Crippen LogP contribution in [-0.4, -0.2) is 10.7 Å². The molecule has 1 rings (SSSR count). The smallest absolute Gasteiger partial charge is 0.0654 e. The van der Waals surface area contributed by atoms with Crippen molar-refractivity contribution >= 4 is 11.8 Å². The summed E-state index contributed by atoms with van der Waals surface area (Å²) in [6.07, 6.45) is 0. The monoisotopic (exact) mass is 118 g/mol. The van der Waals surface area contributed by atoms with Crippen LogP contribution in [0.15, 0.2) is 0 Å². The summed E-state index contributed by atoms with van der Waals surface area (Å²) in [6.45, 7) is 4.28. The Kier molecular flexibility index (Phi) is 1.57. The molecule has 1 aliphatic rings. The molecule has 0 aromatic rings. The third kappa shape index (κ3) is 1.33. The Morgan fingerprint density at radius 3 is 1.71 bits per heavy atom. The maximum atomic E-state index is 3.08. The van der Waals surface area contributed by atoms with Crippen molar-refractivity contribution in [3.8, 4) is 0 Å². The summed E-state index contributed by atoms with van der Waals surface area (Å²) in [6, 6.07) is 0. The van der Waals surface area contributed by atoms with Crippen LogP contribution >= 0.6 is 11.8 Å². The summed E-state index contributed by atoms with van der Waals surface area (Å²) in [5.74, 6) is 0. The van der Waals surface area contributed by atoms with Gasteiger partial charge in [0.25, 0.3) is 0 Å². The van der Waals surface area contributed by atoms with E-state index in [2.05, 4.69) is 24.7 Å². The van der Waals surface area contributed by atoms with E-state index >= 15 is 0 Å². The lowest BCUT2D eigenvalue weighted by atomic mass is 10.8. The first-order valence-electron chi connectivity index (χ1n) is 2.45. The lowest BCUT2D eigenvalue weighted by molar-refractivity contribution is 0.567. The van der Waals surface area contributed by atoms with E-state index in [1.165, 1.54) is 0 Å². The van der Waals surface area contributed by atoms with Gasteiger partial charge in [-0.15, -0.1) is 11.8 Å². The van der Waals surface area contributed by atoms with E-state index in [-0.39, 0.29) is 0 Å². The SMILES string of the molecule is CC1NNC(C)S1. The highest BCUT2D eigenvalue weighted by Gasteiger charge is 2.14. The minimum atomic E-state index is 0.579. The molecule has 1 saturated heterocycles. The Bertz CT molecular complexity index is 58.7. The minimum absolute atomic E-state index is 0.579. The van der Waals surface area contributed by atoms with Crippen LogP contribution in [0.2, 0.25) is 0 Å². The highest BCUT2D eigenvalue weighted by molar-refractivity contribution is 8.00. The van der Waals surface area contributed by atoms with Crippen molar-refractivity contribution in [2.24, 2.45) is 0 Å². The normalized spacial score (nSPS) is 42.0. The Balaban J connectivity index is 2.26. The standard InChI is InChI=1S/C4H10N2S/c1-3-5-6-4(2)7-3/h3-6H,1-2H3. The molecule has 0 aliphatic carbocycles. The van der Waals surface area contributed by atoms with Crippen LogP contribution in [0.5, 0.6) is 0 Å². The second kappa shape index (κ2) is 2.03.